The Morgan fingerprint density at radius 3 is 2.62 bits per heavy atom. The van der Waals surface area contributed by atoms with Gasteiger partial charge in [0.1, 0.15) is 6.04 Å². The van der Waals surface area contributed by atoms with Crippen molar-refractivity contribution in [3.8, 4) is 0 Å². The SMILES string of the molecule is C/C=C\C1=C(CC)C[C@@H](C(=O)NC2CC2)N(C(=O)CC(N)Cc2cccc(Cl)c2)C1.CC. The molecule has 2 aliphatic rings. The number of nitrogens with zero attached hydrogens (tertiary/aromatic N) is 1. The number of amides is 2. The molecule has 32 heavy (non-hydrogen) atoms. The van der Waals surface area contributed by atoms with Gasteiger partial charge < -0.3 is 16.0 Å². The van der Waals surface area contributed by atoms with Crippen LogP contribution in [0.4, 0.5) is 0 Å². The van der Waals surface area contributed by atoms with Gasteiger partial charge in [0.2, 0.25) is 11.8 Å². The van der Waals surface area contributed by atoms with Crippen molar-refractivity contribution in [2.45, 2.75) is 84.3 Å². The Kier molecular flexibility index (Phi) is 10.5. The highest BCUT2D eigenvalue weighted by atomic mass is 35.5. The van der Waals surface area contributed by atoms with Crippen molar-refractivity contribution in [1.29, 1.82) is 0 Å². The molecule has 1 unspecified atom stereocenters. The van der Waals surface area contributed by atoms with Gasteiger partial charge in [-0.1, -0.05) is 62.2 Å². The second kappa shape index (κ2) is 12.8. The van der Waals surface area contributed by atoms with Crippen molar-refractivity contribution in [3.63, 3.8) is 0 Å². The van der Waals surface area contributed by atoms with Crippen LogP contribution in [0.2, 0.25) is 5.02 Å². The monoisotopic (exact) mass is 459 g/mol. The zero-order chi connectivity index (χ0) is 23.7. The van der Waals surface area contributed by atoms with Crippen molar-refractivity contribution in [1.82, 2.24) is 10.2 Å². The number of halogens is 1. The standard InChI is InChI=1S/C24H32ClN3O2.C2H6/c1-3-6-18-15-28(22(13-17(18)4-2)24(30)27-21-9-10-21)23(29)14-20(26)12-16-7-5-8-19(25)11-16;1-2/h3,5-8,11,20-22H,4,9-10,12-15,26H2,1-2H3,(H,27,30);1-2H3/b6-3-;/t20?,22-;/m0./s1. The summed E-state index contributed by atoms with van der Waals surface area (Å²) in [5, 5.41) is 3.74. The third-order valence-corrected chi connectivity index (χ3v) is 6.01. The average molecular weight is 460 g/mol. The van der Waals surface area contributed by atoms with Crippen molar-refractivity contribution in [3.05, 3.63) is 58.1 Å². The summed E-state index contributed by atoms with van der Waals surface area (Å²) in [4.78, 5) is 27.9. The third-order valence-electron chi connectivity index (χ3n) is 5.78. The van der Waals surface area contributed by atoms with Crippen LogP contribution in [0, 0.1) is 0 Å². The van der Waals surface area contributed by atoms with E-state index in [9.17, 15) is 9.59 Å². The first-order chi connectivity index (χ1) is 15.4. The van der Waals surface area contributed by atoms with Gasteiger partial charge >= 0.3 is 0 Å². The maximum atomic E-state index is 13.2. The molecule has 1 fully saturated rings. The van der Waals surface area contributed by atoms with Gasteiger partial charge in [-0.2, -0.15) is 0 Å². The van der Waals surface area contributed by atoms with Crippen LogP contribution in [-0.2, 0) is 16.0 Å². The minimum atomic E-state index is -0.458. The van der Waals surface area contributed by atoms with E-state index in [1.54, 1.807) is 4.90 Å². The molecule has 1 saturated carbocycles. The predicted octanol–water partition coefficient (Wildman–Crippen LogP) is 4.79. The number of hydrogen-bond donors (Lipinski definition) is 2. The topological polar surface area (TPSA) is 75.4 Å². The molecule has 0 radical (unpaired) electrons. The third kappa shape index (κ3) is 7.49. The molecule has 0 spiro atoms. The second-order valence-electron chi connectivity index (χ2n) is 8.31. The molecule has 2 atom stereocenters. The zero-order valence-electron chi connectivity index (χ0n) is 19.9. The molecule has 1 aliphatic heterocycles. The Hall–Kier alpha value is -2.11. The summed E-state index contributed by atoms with van der Waals surface area (Å²) in [5.41, 5.74) is 9.69. The van der Waals surface area contributed by atoms with Crippen molar-refractivity contribution >= 4 is 23.4 Å². The number of hydrogen-bond acceptors (Lipinski definition) is 3. The minimum Gasteiger partial charge on any atom is -0.352 e. The van der Waals surface area contributed by atoms with Gasteiger partial charge in [0.05, 0.1) is 0 Å². The fraction of sp³-hybridized carbons (Fsp3) is 0.538. The fourth-order valence-electron chi connectivity index (χ4n) is 4.03. The molecule has 5 nitrogen and oxygen atoms in total. The number of carbonyl (C=O) groups is 2. The molecular weight excluding hydrogens is 422 g/mol. The highest BCUT2D eigenvalue weighted by molar-refractivity contribution is 6.30. The zero-order valence-corrected chi connectivity index (χ0v) is 20.6. The number of nitrogens with two attached hydrogens (primary N) is 1. The largest absolute Gasteiger partial charge is 0.352 e. The van der Waals surface area contributed by atoms with E-state index >= 15 is 0 Å². The highest BCUT2D eigenvalue weighted by Crippen LogP contribution is 2.29. The lowest BCUT2D eigenvalue weighted by atomic mass is 9.90. The first-order valence-electron chi connectivity index (χ1n) is 11.8. The molecule has 6 heteroatoms. The molecule has 176 valence electrons. The lowest BCUT2D eigenvalue weighted by Crippen LogP contribution is -2.53. The highest BCUT2D eigenvalue weighted by Gasteiger charge is 2.37. The van der Waals surface area contributed by atoms with E-state index < -0.39 is 6.04 Å². The first kappa shape index (κ1) is 26.1. The van der Waals surface area contributed by atoms with Crippen LogP contribution < -0.4 is 11.1 Å². The summed E-state index contributed by atoms with van der Waals surface area (Å²) in [5.74, 6) is -0.114. The van der Waals surface area contributed by atoms with E-state index in [4.69, 9.17) is 17.3 Å². The molecule has 0 aromatic heterocycles. The van der Waals surface area contributed by atoms with E-state index in [0.29, 0.717) is 24.4 Å². The van der Waals surface area contributed by atoms with Crippen LogP contribution in [0.25, 0.3) is 0 Å². The molecule has 1 aromatic rings. The maximum Gasteiger partial charge on any atom is 0.243 e. The minimum absolute atomic E-state index is 0.0419. The average Bonchev–Trinajstić information content (AvgIpc) is 3.59. The first-order valence-corrected chi connectivity index (χ1v) is 12.2. The summed E-state index contributed by atoms with van der Waals surface area (Å²) in [7, 11) is 0. The Bertz CT molecular complexity index is 845. The number of benzene rings is 1. The van der Waals surface area contributed by atoms with Gasteiger partial charge in [-0.05, 0) is 62.3 Å². The summed E-state index contributed by atoms with van der Waals surface area (Å²) >= 11 is 6.06. The Balaban J connectivity index is 0.00000176. The van der Waals surface area contributed by atoms with Crippen LogP contribution in [0.3, 0.4) is 0 Å². The van der Waals surface area contributed by atoms with Crippen molar-refractivity contribution in [2.24, 2.45) is 5.73 Å². The quantitative estimate of drug-likeness (QED) is 0.586. The summed E-state index contributed by atoms with van der Waals surface area (Å²) in [6, 6.07) is 7.02. The van der Waals surface area contributed by atoms with Gasteiger partial charge in [-0.15, -0.1) is 0 Å². The van der Waals surface area contributed by atoms with E-state index in [2.05, 4.69) is 18.3 Å². The smallest absolute Gasteiger partial charge is 0.243 e. The van der Waals surface area contributed by atoms with Crippen LogP contribution >= 0.6 is 11.6 Å². The summed E-state index contributed by atoms with van der Waals surface area (Å²) < 4.78 is 0. The molecular formula is C26H38ClN3O2. The molecule has 1 heterocycles. The molecule has 3 rings (SSSR count). The van der Waals surface area contributed by atoms with E-state index in [0.717, 1.165) is 30.4 Å². The van der Waals surface area contributed by atoms with Crippen molar-refractivity contribution in [2.75, 3.05) is 6.54 Å². The fourth-order valence-corrected chi connectivity index (χ4v) is 4.24. The summed E-state index contributed by atoms with van der Waals surface area (Å²) in [6.07, 6.45) is 8.33. The van der Waals surface area contributed by atoms with Crippen LogP contribution in [0.1, 0.15) is 65.4 Å². The van der Waals surface area contributed by atoms with Crippen LogP contribution in [0.15, 0.2) is 47.6 Å². The lowest BCUT2D eigenvalue weighted by molar-refractivity contribution is -0.140. The van der Waals surface area contributed by atoms with Crippen LogP contribution in [-0.4, -0.2) is 41.4 Å². The molecule has 1 aliphatic carbocycles. The van der Waals surface area contributed by atoms with E-state index in [-0.39, 0.29) is 30.3 Å². The lowest BCUT2D eigenvalue weighted by Gasteiger charge is -2.37. The molecule has 2 amide bonds. The number of nitrogens with one attached hydrogen (secondary N) is 1. The Morgan fingerprint density at radius 2 is 2.03 bits per heavy atom. The molecule has 1 aromatic carbocycles. The normalized spacial score (nSPS) is 19.4. The van der Waals surface area contributed by atoms with Gasteiger partial charge in [0, 0.05) is 30.1 Å². The summed E-state index contributed by atoms with van der Waals surface area (Å²) in [6.45, 7) is 8.53. The van der Waals surface area contributed by atoms with Crippen LogP contribution in [0.5, 0.6) is 0 Å². The second-order valence-corrected chi connectivity index (χ2v) is 8.74. The van der Waals surface area contributed by atoms with Gasteiger partial charge in [0.15, 0.2) is 0 Å². The number of carbonyl (C=O) groups excluding carboxylic acids is 2. The Labute approximate surface area is 198 Å². The van der Waals surface area contributed by atoms with Crippen molar-refractivity contribution < 1.29 is 9.59 Å². The molecule has 3 N–H and O–H groups in total. The van der Waals surface area contributed by atoms with Gasteiger partial charge in [-0.3, -0.25) is 9.59 Å². The van der Waals surface area contributed by atoms with Gasteiger partial charge in [0.25, 0.3) is 0 Å². The van der Waals surface area contributed by atoms with E-state index in [1.807, 2.05) is 51.1 Å². The maximum absolute atomic E-state index is 13.2. The molecule has 0 saturated heterocycles. The Morgan fingerprint density at radius 1 is 1.31 bits per heavy atom. The van der Waals surface area contributed by atoms with E-state index in [1.165, 1.54) is 5.57 Å². The number of allylic oxidation sites excluding steroid dienone is 1. The van der Waals surface area contributed by atoms with Gasteiger partial charge in [-0.25, -0.2) is 0 Å². The predicted molar refractivity (Wildman–Crippen MR) is 133 cm³/mol. The molecule has 0 bridgehead atoms. The number of rotatable bonds is 8.